The van der Waals surface area contributed by atoms with Gasteiger partial charge in [0.1, 0.15) is 18.3 Å². The quantitative estimate of drug-likeness (QED) is 0.662. The lowest BCUT2D eigenvalue weighted by Gasteiger charge is -2.38. The predicted octanol–water partition coefficient (Wildman–Crippen LogP) is 2.59. The number of benzene rings is 1. The average molecular weight is 499 g/mol. The third kappa shape index (κ3) is 8.20. The molecule has 0 bridgehead atoms. The van der Waals surface area contributed by atoms with E-state index in [0.29, 0.717) is 43.0 Å². The fraction of sp³-hybridized carbons (Fsp3) is 0.680. The molecule has 0 aliphatic carbocycles. The second-order valence-corrected chi connectivity index (χ2v) is 9.71. The fourth-order valence-corrected chi connectivity index (χ4v) is 4.46. The minimum Gasteiger partial charge on any atom is -0.388 e. The Morgan fingerprint density at radius 2 is 1.91 bits per heavy atom. The van der Waals surface area contributed by atoms with Gasteiger partial charge in [-0.05, 0) is 37.3 Å². The maximum absolute atomic E-state index is 13.7. The number of hydrogen-bond donors (Lipinski definition) is 2. The van der Waals surface area contributed by atoms with E-state index < -0.39 is 18.3 Å². The summed E-state index contributed by atoms with van der Waals surface area (Å²) in [6, 6.07) is 6.71. The van der Waals surface area contributed by atoms with Gasteiger partial charge in [0.15, 0.2) is 0 Å². The van der Waals surface area contributed by atoms with Crippen molar-refractivity contribution in [1.82, 2.24) is 9.80 Å². The first-order chi connectivity index (χ1) is 16.1. The Hall–Kier alpha value is -1.71. The molecule has 0 aromatic heterocycles. The van der Waals surface area contributed by atoms with Crippen molar-refractivity contribution in [2.45, 2.75) is 64.4 Å². The van der Waals surface area contributed by atoms with Gasteiger partial charge < -0.3 is 29.5 Å². The van der Waals surface area contributed by atoms with Gasteiger partial charge in [-0.1, -0.05) is 37.6 Å². The van der Waals surface area contributed by atoms with Crippen molar-refractivity contribution in [3.05, 3.63) is 34.9 Å². The lowest BCUT2D eigenvalue weighted by atomic mass is 9.99. The molecule has 0 spiro atoms. The van der Waals surface area contributed by atoms with Gasteiger partial charge in [-0.2, -0.15) is 0 Å². The zero-order chi connectivity index (χ0) is 25.3. The molecule has 2 rings (SSSR count). The molecule has 1 heterocycles. The van der Waals surface area contributed by atoms with Crippen molar-refractivity contribution in [2.75, 3.05) is 40.0 Å². The standard InChI is InChI=1S/C25H39ClN2O6/c1-17(2)13-19-14-27(18(3)29)15-23(33-4)24(31)22(30)16-34-12-8-7-11-28(19)25(32)20-9-5-6-10-21(20)26/h5-6,9-10,17,19,22-24,30-31H,7-8,11-16H2,1-4H3/t19-,22-,23-,24-/m1/s1. The zero-order valence-corrected chi connectivity index (χ0v) is 21.4. The van der Waals surface area contributed by atoms with E-state index in [1.807, 2.05) is 4.90 Å². The van der Waals surface area contributed by atoms with Crippen LogP contribution in [0.5, 0.6) is 0 Å². The van der Waals surface area contributed by atoms with Crippen molar-refractivity contribution in [2.24, 2.45) is 5.92 Å². The van der Waals surface area contributed by atoms with E-state index in [0.717, 1.165) is 0 Å². The van der Waals surface area contributed by atoms with Gasteiger partial charge in [0.05, 0.1) is 17.2 Å². The Bertz CT molecular complexity index is 792. The van der Waals surface area contributed by atoms with E-state index in [-0.39, 0.29) is 43.5 Å². The summed E-state index contributed by atoms with van der Waals surface area (Å²) in [5.74, 6) is -0.106. The lowest BCUT2D eigenvalue weighted by Crippen LogP contribution is -2.53. The van der Waals surface area contributed by atoms with Crippen LogP contribution in [0.1, 0.15) is 50.4 Å². The summed E-state index contributed by atoms with van der Waals surface area (Å²) in [5, 5.41) is 21.3. The van der Waals surface area contributed by atoms with Crippen LogP contribution in [0.4, 0.5) is 0 Å². The van der Waals surface area contributed by atoms with Crippen LogP contribution < -0.4 is 0 Å². The van der Waals surface area contributed by atoms with Crippen LogP contribution in [0, 0.1) is 5.92 Å². The molecule has 4 atom stereocenters. The van der Waals surface area contributed by atoms with Crippen LogP contribution in [0.25, 0.3) is 0 Å². The molecule has 8 nitrogen and oxygen atoms in total. The normalized spacial score (nSPS) is 25.8. The first-order valence-corrected chi connectivity index (χ1v) is 12.3. The summed E-state index contributed by atoms with van der Waals surface area (Å²) in [4.78, 5) is 29.6. The number of ether oxygens (including phenoxy) is 2. The van der Waals surface area contributed by atoms with E-state index in [9.17, 15) is 19.8 Å². The van der Waals surface area contributed by atoms with E-state index in [2.05, 4.69) is 13.8 Å². The number of halogens is 1. The molecule has 192 valence electrons. The Balaban J connectivity index is 2.42. The highest BCUT2D eigenvalue weighted by Gasteiger charge is 2.33. The molecule has 2 amide bonds. The largest absolute Gasteiger partial charge is 0.388 e. The number of rotatable bonds is 4. The van der Waals surface area contributed by atoms with Crippen molar-refractivity contribution >= 4 is 23.4 Å². The second kappa shape index (κ2) is 14.0. The third-order valence-corrected chi connectivity index (χ3v) is 6.46. The summed E-state index contributed by atoms with van der Waals surface area (Å²) < 4.78 is 11.0. The molecule has 1 saturated heterocycles. The molecule has 0 radical (unpaired) electrons. The van der Waals surface area contributed by atoms with E-state index in [1.165, 1.54) is 14.0 Å². The molecule has 1 aliphatic rings. The smallest absolute Gasteiger partial charge is 0.255 e. The molecule has 1 fully saturated rings. The fourth-order valence-electron chi connectivity index (χ4n) is 4.25. The first-order valence-electron chi connectivity index (χ1n) is 11.9. The summed E-state index contributed by atoms with van der Waals surface area (Å²) in [6.45, 7) is 6.80. The number of amides is 2. The van der Waals surface area contributed by atoms with Gasteiger partial charge in [-0.3, -0.25) is 9.59 Å². The van der Waals surface area contributed by atoms with Crippen LogP contribution in [0.15, 0.2) is 24.3 Å². The van der Waals surface area contributed by atoms with Gasteiger partial charge in [-0.15, -0.1) is 0 Å². The van der Waals surface area contributed by atoms with Gasteiger partial charge >= 0.3 is 0 Å². The summed E-state index contributed by atoms with van der Waals surface area (Å²) in [5.41, 5.74) is 0.429. The van der Waals surface area contributed by atoms with Crippen LogP contribution in [0.3, 0.4) is 0 Å². The molecular weight excluding hydrogens is 460 g/mol. The van der Waals surface area contributed by atoms with Gasteiger partial charge in [-0.25, -0.2) is 0 Å². The topological polar surface area (TPSA) is 99.5 Å². The maximum atomic E-state index is 13.7. The van der Waals surface area contributed by atoms with Crippen molar-refractivity contribution in [1.29, 1.82) is 0 Å². The highest BCUT2D eigenvalue weighted by molar-refractivity contribution is 6.33. The highest BCUT2D eigenvalue weighted by Crippen LogP contribution is 2.23. The van der Waals surface area contributed by atoms with Crippen molar-refractivity contribution in [3.8, 4) is 0 Å². The molecular formula is C25H39ClN2O6. The molecule has 9 heteroatoms. The molecule has 0 unspecified atom stereocenters. The lowest BCUT2D eigenvalue weighted by molar-refractivity contribution is -0.137. The molecule has 34 heavy (non-hydrogen) atoms. The zero-order valence-electron chi connectivity index (χ0n) is 20.7. The van der Waals surface area contributed by atoms with Crippen molar-refractivity contribution < 1.29 is 29.3 Å². The Kier molecular flexibility index (Phi) is 11.7. The number of carbonyl (C=O) groups is 2. The highest BCUT2D eigenvalue weighted by atomic mass is 35.5. The predicted molar refractivity (Wildman–Crippen MR) is 131 cm³/mol. The maximum Gasteiger partial charge on any atom is 0.255 e. The second-order valence-electron chi connectivity index (χ2n) is 9.30. The minimum absolute atomic E-state index is 0.0423. The van der Waals surface area contributed by atoms with Gasteiger partial charge in [0.25, 0.3) is 5.91 Å². The summed E-state index contributed by atoms with van der Waals surface area (Å²) in [6.07, 6.45) is -1.12. The Labute approximate surface area is 207 Å². The van der Waals surface area contributed by atoms with Crippen LogP contribution >= 0.6 is 11.6 Å². The van der Waals surface area contributed by atoms with Gasteiger partial charge in [0.2, 0.25) is 5.91 Å². The minimum atomic E-state index is -1.22. The van der Waals surface area contributed by atoms with E-state index >= 15 is 0 Å². The van der Waals surface area contributed by atoms with Crippen LogP contribution in [0.2, 0.25) is 5.02 Å². The van der Waals surface area contributed by atoms with Crippen LogP contribution in [-0.2, 0) is 14.3 Å². The summed E-state index contributed by atoms with van der Waals surface area (Å²) in [7, 11) is 1.43. The number of methoxy groups -OCH3 is 1. The number of hydrogen-bond acceptors (Lipinski definition) is 6. The van der Waals surface area contributed by atoms with Gasteiger partial charge in [0, 0.05) is 46.3 Å². The molecule has 1 aromatic rings. The molecule has 0 saturated carbocycles. The third-order valence-electron chi connectivity index (χ3n) is 6.13. The Morgan fingerprint density at radius 1 is 1.21 bits per heavy atom. The summed E-state index contributed by atoms with van der Waals surface area (Å²) >= 11 is 6.36. The van der Waals surface area contributed by atoms with Crippen LogP contribution in [-0.4, -0.2) is 96.1 Å². The molecule has 2 N–H and O–H groups in total. The van der Waals surface area contributed by atoms with E-state index in [1.54, 1.807) is 29.2 Å². The molecule has 1 aliphatic heterocycles. The number of aliphatic hydroxyl groups is 2. The monoisotopic (exact) mass is 498 g/mol. The van der Waals surface area contributed by atoms with E-state index in [4.69, 9.17) is 21.1 Å². The van der Waals surface area contributed by atoms with Crippen molar-refractivity contribution in [3.63, 3.8) is 0 Å². The Morgan fingerprint density at radius 3 is 2.53 bits per heavy atom. The number of carbonyl (C=O) groups excluding carboxylic acids is 2. The SMILES string of the molecule is CO[C@@H]1CN(C(C)=O)C[C@@H](CC(C)C)N(C(=O)c2ccccc2Cl)CCCCOC[C@@H](O)[C@H]1O. The average Bonchev–Trinajstić information content (AvgIpc) is 2.79. The molecule has 1 aromatic carbocycles. The number of aliphatic hydroxyl groups excluding tert-OH is 2. The first kappa shape index (κ1) is 28.5. The number of nitrogens with zero attached hydrogens (tertiary/aromatic N) is 2.